The Labute approximate surface area is 184 Å². The lowest BCUT2D eigenvalue weighted by atomic mass is 9.97. The zero-order chi connectivity index (χ0) is 21.6. The van der Waals surface area contributed by atoms with Crippen molar-refractivity contribution >= 4 is 27.5 Å². The first-order valence-corrected chi connectivity index (χ1v) is 12.4. The van der Waals surface area contributed by atoms with Crippen molar-refractivity contribution in [1.29, 1.82) is 0 Å². The minimum Gasteiger partial charge on any atom is -0.356 e. The quantitative estimate of drug-likeness (QED) is 0.622. The highest BCUT2D eigenvalue weighted by molar-refractivity contribution is 7.88. The highest BCUT2D eigenvalue weighted by atomic mass is 35.5. The maximum atomic E-state index is 12.7. The SMILES string of the molecule is Cc1cccc(CS(=O)(=O)N2CCC(C(=O)NCCCc3ccccc3Cl)CC2)c1. The van der Waals surface area contributed by atoms with Gasteiger partial charge in [0.15, 0.2) is 0 Å². The van der Waals surface area contributed by atoms with Crippen molar-refractivity contribution in [2.45, 2.75) is 38.4 Å². The first-order chi connectivity index (χ1) is 14.3. The summed E-state index contributed by atoms with van der Waals surface area (Å²) in [7, 11) is -3.37. The third-order valence-corrected chi connectivity index (χ3v) is 7.75. The zero-order valence-corrected chi connectivity index (χ0v) is 18.9. The van der Waals surface area contributed by atoms with Gasteiger partial charge >= 0.3 is 0 Å². The Bertz CT molecular complexity index is 970. The summed E-state index contributed by atoms with van der Waals surface area (Å²) in [6, 6.07) is 15.3. The molecule has 30 heavy (non-hydrogen) atoms. The molecule has 0 unspecified atom stereocenters. The number of benzene rings is 2. The van der Waals surface area contributed by atoms with Crippen LogP contribution >= 0.6 is 11.6 Å². The Hall–Kier alpha value is -1.89. The number of hydrogen-bond acceptors (Lipinski definition) is 3. The summed E-state index contributed by atoms with van der Waals surface area (Å²) in [6.07, 6.45) is 2.75. The number of halogens is 1. The predicted molar refractivity (Wildman–Crippen MR) is 121 cm³/mol. The molecule has 162 valence electrons. The van der Waals surface area contributed by atoms with Gasteiger partial charge in [-0.1, -0.05) is 59.6 Å². The van der Waals surface area contributed by atoms with Gasteiger partial charge in [-0.15, -0.1) is 0 Å². The van der Waals surface area contributed by atoms with E-state index in [2.05, 4.69) is 5.32 Å². The zero-order valence-electron chi connectivity index (χ0n) is 17.3. The van der Waals surface area contributed by atoms with Crippen molar-refractivity contribution in [2.75, 3.05) is 19.6 Å². The van der Waals surface area contributed by atoms with Crippen LogP contribution < -0.4 is 5.32 Å². The van der Waals surface area contributed by atoms with Crippen LogP contribution in [0.15, 0.2) is 48.5 Å². The Morgan fingerprint density at radius 1 is 1.13 bits per heavy atom. The van der Waals surface area contributed by atoms with E-state index in [9.17, 15) is 13.2 Å². The molecule has 1 amide bonds. The van der Waals surface area contributed by atoms with Gasteiger partial charge in [0, 0.05) is 30.6 Å². The minimum atomic E-state index is -3.37. The maximum absolute atomic E-state index is 12.7. The van der Waals surface area contributed by atoms with Crippen molar-refractivity contribution in [2.24, 2.45) is 5.92 Å². The van der Waals surface area contributed by atoms with Gasteiger partial charge in [-0.25, -0.2) is 12.7 Å². The van der Waals surface area contributed by atoms with E-state index in [1.165, 1.54) is 4.31 Å². The second-order valence-corrected chi connectivity index (χ2v) is 10.3. The van der Waals surface area contributed by atoms with Gasteiger partial charge in [0.2, 0.25) is 15.9 Å². The number of piperidine rings is 1. The van der Waals surface area contributed by atoms with Gasteiger partial charge in [0.25, 0.3) is 0 Å². The van der Waals surface area contributed by atoms with Crippen LogP contribution in [0.1, 0.15) is 36.0 Å². The Morgan fingerprint density at radius 2 is 1.87 bits per heavy atom. The first kappa shape index (κ1) is 22.8. The fraction of sp³-hybridized carbons (Fsp3) is 0.435. The number of carbonyl (C=O) groups excluding carboxylic acids is 1. The lowest BCUT2D eigenvalue weighted by Crippen LogP contribution is -2.43. The van der Waals surface area contributed by atoms with E-state index in [-0.39, 0.29) is 17.6 Å². The average molecular weight is 449 g/mol. The standard InChI is InChI=1S/C23H29ClN2O3S/c1-18-6-4-7-19(16-18)17-30(28,29)26-14-11-21(12-15-26)23(27)25-13-5-9-20-8-2-3-10-22(20)24/h2-4,6-8,10,16,21H,5,9,11-15,17H2,1H3,(H,25,27). The van der Waals surface area contributed by atoms with Crippen LogP contribution in [0.3, 0.4) is 0 Å². The van der Waals surface area contributed by atoms with Crippen LogP contribution in [0.5, 0.6) is 0 Å². The molecule has 1 N–H and O–H groups in total. The molecule has 1 saturated heterocycles. The van der Waals surface area contributed by atoms with Crippen molar-refractivity contribution < 1.29 is 13.2 Å². The van der Waals surface area contributed by atoms with Crippen LogP contribution in [0, 0.1) is 12.8 Å². The molecule has 0 aromatic heterocycles. The van der Waals surface area contributed by atoms with Crippen LogP contribution in [-0.2, 0) is 27.0 Å². The molecule has 1 heterocycles. The molecule has 7 heteroatoms. The number of sulfonamides is 1. The molecule has 2 aromatic carbocycles. The maximum Gasteiger partial charge on any atom is 0.223 e. The van der Waals surface area contributed by atoms with E-state index in [1.807, 2.05) is 55.5 Å². The number of carbonyl (C=O) groups is 1. The molecular weight excluding hydrogens is 420 g/mol. The average Bonchev–Trinajstić information content (AvgIpc) is 2.72. The number of aryl methyl sites for hydroxylation is 2. The molecule has 2 aromatic rings. The third-order valence-electron chi connectivity index (χ3n) is 5.53. The molecule has 0 spiro atoms. The summed E-state index contributed by atoms with van der Waals surface area (Å²) in [5.74, 6) is -0.103. The summed E-state index contributed by atoms with van der Waals surface area (Å²) in [6.45, 7) is 3.34. The van der Waals surface area contributed by atoms with E-state index in [4.69, 9.17) is 11.6 Å². The molecule has 0 saturated carbocycles. The van der Waals surface area contributed by atoms with E-state index in [1.54, 1.807) is 0 Å². The number of amides is 1. The molecular formula is C23H29ClN2O3S. The Balaban J connectivity index is 1.42. The van der Waals surface area contributed by atoms with Crippen molar-refractivity contribution in [3.05, 3.63) is 70.2 Å². The molecule has 1 aliphatic rings. The fourth-order valence-corrected chi connectivity index (χ4v) is 5.62. The highest BCUT2D eigenvalue weighted by Gasteiger charge is 2.31. The normalized spacial score (nSPS) is 15.8. The minimum absolute atomic E-state index is 0.00753. The summed E-state index contributed by atoms with van der Waals surface area (Å²) < 4.78 is 27.0. The van der Waals surface area contributed by atoms with E-state index < -0.39 is 10.0 Å². The number of nitrogens with zero attached hydrogens (tertiary/aromatic N) is 1. The molecule has 0 atom stereocenters. The van der Waals surface area contributed by atoms with Gasteiger partial charge in [-0.2, -0.15) is 0 Å². The first-order valence-electron chi connectivity index (χ1n) is 10.4. The smallest absolute Gasteiger partial charge is 0.223 e. The summed E-state index contributed by atoms with van der Waals surface area (Å²) in [4.78, 5) is 12.5. The number of hydrogen-bond donors (Lipinski definition) is 1. The van der Waals surface area contributed by atoms with E-state index in [0.29, 0.717) is 32.5 Å². The van der Waals surface area contributed by atoms with Gasteiger partial charge < -0.3 is 5.32 Å². The van der Waals surface area contributed by atoms with Crippen LogP contribution in [0.2, 0.25) is 5.02 Å². The molecule has 3 rings (SSSR count). The predicted octanol–water partition coefficient (Wildman–Crippen LogP) is 3.94. The molecule has 0 radical (unpaired) electrons. The fourth-order valence-electron chi connectivity index (χ4n) is 3.84. The number of nitrogens with one attached hydrogen (secondary N) is 1. The monoisotopic (exact) mass is 448 g/mol. The van der Waals surface area contributed by atoms with Crippen LogP contribution in [-0.4, -0.2) is 38.3 Å². The van der Waals surface area contributed by atoms with Gasteiger partial charge in [-0.05, 0) is 49.8 Å². The van der Waals surface area contributed by atoms with Gasteiger partial charge in [0.1, 0.15) is 0 Å². The summed E-state index contributed by atoms with van der Waals surface area (Å²) in [5.41, 5.74) is 2.93. The molecule has 0 aliphatic carbocycles. The van der Waals surface area contributed by atoms with Gasteiger partial charge in [0.05, 0.1) is 5.75 Å². The Kier molecular flexibility index (Phi) is 7.92. The largest absolute Gasteiger partial charge is 0.356 e. The van der Waals surface area contributed by atoms with Crippen molar-refractivity contribution in [3.8, 4) is 0 Å². The number of rotatable bonds is 8. The second kappa shape index (κ2) is 10.4. The Morgan fingerprint density at radius 3 is 2.57 bits per heavy atom. The molecule has 5 nitrogen and oxygen atoms in total. The van der Waals surface area contributed by atoms with Crippen molar-refractivity contribution in [3.63, 3.8) is 0 Å². The summed E-state index contributed by atoms with van der Waals surface area (Å²) in [5, 5.41) is 3.74. The van der Waals surface area contributed by atoms with E-state index in [0.717, 1.165) is 34.6 Å². The van der Waals surface area contributed by atoms with Crippen molar-refractivity contribution in [1.82, 2.24) is 9.62 Å². The summed E-state index contributed by atoms with van der Waals surface area (Å²) >= 11 is 6.16. The highest BCUT2D eigenvalue weighted by Crippen LogP contribution is 2.22. The van der Waals surface area contributed by atoms with E-state index >= 15 is 0 Å². The third kappa shape index (κ3) is 6.30. The van der Waals surface area contributed by atoms with Gasteiger partial charge in [-0.3, -0.25) is 4.79 Å². The molecule has 0 bridgehead atoms. The van der Waals surface area contributed by atoms with Crippen LogP contribution in [0.4, 0.5) is 0 Å². The topological polar surface area (TPSA) is 66.5 Å². The van der Waals surface area contributed by atoms with Crippen LogP contribution in [0.25, 0.3) is 0 Å². The lowest BCUT2D eigenvalue weighted by molar-refractivity contribution is -0.126. The second-order valence-electron chi connectivity index (χ2n) is 7.90. The molecule has 1 fully saturated rings. The lowest BCUT2D eigenvalue weighted by Gasteiger charge is -2.30. The molecule has 1 aliphatic heterocycles.